The summed E-state index contributed by atoms with van der Waals surface area (Å²) < 4.78 is 0. The van der Waals surface area contributed by atoms with Crippen LogP contribution < -0.4 is 0 Å². The fourth-order valence-electron chi connectivity index (χ4n) is 3.05. The number of hydrogen-bond donors (Lipinski definition) is 0. The second-order valence-corrected chi connectivity index (χ2v) is 8.18. The Balaban J connectivity index is 1.49. The predicted octanol–water partition coefficient (Wildman–Crippen LogP) is 4.05. The van der Waals surface area contributed by atoms with Gasteiger partial charge in [-0.25, -0.2) is 0 Å². The summed E-state index contributed by atoms with van der Waals surface area (Å²) in [5.74, 6) is 0.834. The van der Waals surface area contributed by atoms with Crippen molar-refractivity contribution >= 4 is 35.2 Å². The standard InChI is InChI=1S/C21H23ClN2O2S/c1-16(15-27-19-8-3-2-4-9-19)20(25)23-10-12-24(13-11-23)21(26)17-6-5-7-18(22)14-17/h2-9,14,16H,10-13,15H2,1H3. The lowest BCUT2D eigenvalue weighted by Gasteiger charge is -2.36. The van der Waals surface area contributed by atoms with Gasteiger partial charge in [-0.1, -0.05) is 42.8 Å². The molecule has 0 aliphatic carbocycles. The van der Waals surface area contributed by atoms with Gasteiger partial charge in [0.1, 0.15) is 0 Å². The molecule has 0 spiro atoms. The van der Waals surface area contributed by atoms with Gasteiger partial charge < -0.3 is 9.80 Å². The Kier molecular flexibility index (Phi) is 6.80. The second kappa shape index (κ2) is 9.29. The number of halogens is 1. The van der Waals surface area contributed by atoms with E-state index in [1.54, 1.807) is 40.9 Å². The molecule has 1 aliphatic heterocycles. The number of thioether (sulfide) groups is 1. The maximum absolute atomic E-state index is 12.7. The zero-order chi connectivity index (χ0) is 19.2. The van der Waals surface area contributed by atoms with E-state index in [2.05, 4.69) is 12.1 Å². The smallest absolute Gasteiger partial charge is 0.254 e. The maximum Gasteiger partial charge on any atom is 0.254 e. The molecule has 0 saturated carbocycles. The minimum Gasteiger partial charge on any atom is -0.339 e. The van der Waals surface area contributed by atoms with Gasteiger partial charge >= 0.3 is 0 Å². The monoisotopic (exact) mass is 402 g/mol. The topological polar surface area (TPSA) is 40.6 Å². The van der Waals surface area contributed by atoms with Crippen molar-refractivity contribution in [2.45, 2.75) is 11.8 Å². The molecule has 0 N–H and O–H groups in total. The Morgan fingerprint density at radius 2 is 1.67 bits per heavy atom. The van der Waals surface area contributed by atoms with Gasteiger partial charge in [0.25, 0.3) is 5.91 Å². The number of carbonyl (C=O) groups excluding carboxylic acids is 2. The third-order valence-electron chi connectivity index (χ3n) is 4.61. The van der Waals surface area contributed by atoms with E-state index in [0.717, 1.165) is 5.75 Å². The zero-order valence-corrected chi connectivity index (χ0v) is 16.9. The van der Waals surface area contributed by atoms with Crippen molar-refractivity contribution in [3.8, 4) is 0 Å². The molecule has 142 valence electrons. The van der Waals surface area contributed by atoms with Crippen LogP contribution in [0.2, 0.25) is 5.02 Å². The molecule has 0 radical (unpaired) electrons. The van der Waals surface area contributed by atoms with E-state index in [9.17, 15) is 9.59 Å². The highest BCUT2D eigenvalue weighted by Crippen LogP contribution is 2.22. The van der Waals surface area contributed by atoms with Gasteiger partial charge in [-0.05, 0) is 30.3 Å². The molecule has 1 aliphatic rings. The molecule has 2 aromatic carbocycles. The third kappa shape index (κ3) is 5.27. The van der Waals surface area contributed by atoms with Gasteiger partial charge in [0.15, 0.2) is 0 Å². The first-order valence-corrected chi connectivity index (χ1v) is 10.4. The summed E-state index contributed by atoms with van der Waals surface area (Å²) in [7, 11) is 0. The first-order chi connectivity index (χ1) is 13.0. The van der Waals surface area contributed by atoms with Crippen molar-refractivity contribution in [1.29, 1.82) is 0 Å². The fraction of sp³-hybridized carbons (Fsp3) is 0.333. The Hall–Kier alpha value is -1.98. The summed E-state index contributed by atoms with van der Waals surface area (Å²) in [6.45, 7) is 4.23. The van der Waals surface area contributed by atoms with Gasteiger partial charge in [0.2, 0.25) is 5.91 Å². The molecule has 1 unspecified atom stereocenters. The quantitative estimate of drug-likeness (QED) is 0.708. The lowest BCUT2D eigenvalue weighted by atomic mass is 10.1. The number of hydrogen-bond acceptors (Lipinski definition) is 3. The number of carbonyl (C=O) groups is 2. The van der Waals surface area contributed by atoms with Crippen molar-refractivity contribution in [2.75, 3.05) is 31.9 Å². The van der Waals surface area contributed by atoms with Crippen molar-refractivity contribution < 1.29 is 9.59 Å². The maximum atomic E-state index is 12.7. The van der Waals surface area contributed by atoms with Crippen LogP contribution in [0, 0.1) is 5.92 Å². The van der Waals surface area contributed by atoms with Crippen LogP contribution in [0.1, 0.15) is 17.3 Å². The van der Waals surface area contributed by atoms with Gasteiger partial charge in [-0.15, -0.1) is 11.8 Å². The lowest BCUT2D eigenvalue weighted by Crippen LogP contribution is -2.52. The number of piperazine rings is 1. The number of benzene rings is 2. The van der Waals surface area contributed by atoms with E-state index < -0.39 is 0 Å². The third-order valence-corrected chi connectivity index (χ3v) is 6.12. The molecule has 1 saturated heterocycles. The molecule has 0 aromatic heterocycles. The van der Waals surface area contributed by atoms with Crippen LogP contribution in [0.25, 0.3) is 0 Å². The highest BCUT2D eigenvalue weighted by atomic mass is 35.5. The summed E-state index contributed by atoms with van der Waals surface area (Å²) in [6.07, 6.45) is 0. The van der Waals surface area contributed by atoms with Crippen molar-refractivity contribution in [2.24, 2.45) is 5.92 Å². The number of nitrogens with zero attached hydrogens (tertiary/aromatic N) is 2. The molecule has 1 fully saturated rings. The Bertz CT molecular complexity index is 792. The van der Waals surface area contributed by atoms with Crippen LogP contribution in [0.4, 0.5) is 0 Å². The summed E-state index contributed by atoms with van der Waals surface area (Å²) in [5.41, 5.74) is 0.593. The second-order valence-electron chi connectivity index (χ2n) is 6.65. The molecule has 4 nitrogen and oxygen atoms in total. The van der Waals surface area contributed by atoms with Gasteiger partial charge in [-0.3, -0.25) is 9.59 Å². The highest BCUT2D eigenvalue weighted by Gasteiger charge is 2.27. The van der Waals surface area contributed by atoms with Crippen LogP contribution in [0.5, 0.6) is 0 Å². The Morgan fingerprint density at radius 3 is 2.33 bits per heavy atom. The number of amides is 2. The molecule has 27 heavy (non-hydrogen) atoms. The molecule has 2 aromatic rings. The molecule has 6 heteroatoms. The van der Waals surface area contributed by atoms with E-state index in [0.29, 0.717) is 36.8 Å². The largest absolute Gasteiger partial charge is 0.339 e. The Labute approximate surface area is 169 Å². The minimum absolute atomic E-state index is 0.0303. The van der Waals surface area contributed by atoms with Crippen LogP contribution in [0.15, 0.2) is 59.5 Å². The Morgan fingerprint density at radius 1 is 1.00 bits per heavy atom. The lowest BCUT2D eigenvalue weighted by molar-refractivity contribution is -0.135. The van der Waals surface area contributed by atoms with Crippen molar-refractivity contribution in [3.63, 3.8) is 0 Å². The molecule has 2 amide bonds. The van der Waals surface area contributed by atoms with Crippen molar-refractivity contribution in [1.82, 2.24) is 9.80 Å². The summed E-state index contributed by atoms with van der Waals surface area (Å²) in [4.78, 5) is 30.1. The first-order valence-electron chi connectivity index (χ1n) is 9.06. The van der Waals surface area contributed by atoms with Crippen LogP contribution in [-0.4, -0.2) is 53.5 Å². The van der Waals surface area contributed by atoms with Crippen LogP contribution in [0.3, 0.4) is 0 Å². The fourth-order valence-corrected chi connectivity index (χ4v) is 4.18. The van der Waals surface area contributed by atoms with Gasteiger partial charge in [-0.2, -0.15) is 0 Å². The summed E-state index contributed by atoms with van der Waals surface area (Å²) >= 11 is 7.68. The molecule has 3 rings (SSSR count). The SMILES string of the molecule is CC(CSc1ccccc1)C(=O)N1CCN(C(=O)c2cccc(Cl)c2)CC1. The predicted molar refractivity (Wildman–Crippen MR) is 110 cm³/mol. The van der Waals surface area contributed by atoms with E-state index in [4.69, 9.17) is 11.6 Å². The summed E-state index contributed by atoms with van der Waals surface area (Å²) in [5, 5.41) is 0.555. The first kappa shape index (κ1) is 19.8. The van der Waals surface area contributed by atoms with Crippen LogP contribution in [-0.2, 0) is 4.79 Å². The average Bonchev–Trinajstić information content (AvgIpc) is 2.72. The van der Waals surface area contributed by atoms with E-state index in [-0.39, 0.29) is 17.7 Å². The van der Waals surface area contributed by atoms with E-state index in [1.165, 1.54) is 4.90 Å². The molecule has 1 atom stereocenters. The zero-order valence-electron chi connectivity index (χ0n) is 15.3. The molecular weight excluding hydrogens is 380 g/mol. The van der Waals surface area contributed by atoms with E-state index in [1.807, 2.05) is 30.0 Å². The average molecular weight is 403 g/mol. The highest BCUT2D eigenvalue weighted by molar-refractivity contribution is 7.99. The van der Waals surface area contributed by atoms with E-state index >= 15 is 0 Å². The minimum atomic E-state index is -0.0506. The molecule has 1 heterocycles. The van der Waals surface area contributed by atoms with Crippen LogP contribution >= 0.6 is 23.4 Å². The molecular formula is C21H23ClN2O2S. The van der Waals surface area contributed by atoms with Gasteiger partial charge in [0, 0.05) is 53.3 Å². The number of rotatable bonds is 5. The molecule has 0 bridgehead atoms. The van der Waals surface area contributed by atoms with Crippen molar-refractivity contribution in [3.05, 3.63) is 65.2 Å². The van der Waals surface area contributed by atoms with Gasteiger partial charge in [0.05, 0.1) is 0 Å². The normalized spacial score (nSPS) is 15.5. The summed E-state index contributed by atoms with van der Waals surface area (Å²) in [6, 6.07) is 17.1.